The van der Waals surface area contributed by atoms with E-state index in [2.05, 4.69) is 26.0 Å². The van der Waals surface area contributed by atoms with Crippen molar-refractivity contribution >= 4 is 29.8 Å². The van der Waals surface area contributed by atoms with Gasteiger partial charge >= 0.3 is 23.9 Å². The number of ether oxygens (including phenoxy) is 13. The van der Waals surface area contributed by atoms with Crippen molar-refractivity contribution in [1.82, 2.24) is 16.0 Å². The molecule has 0 heterocycles. The van der Waals surface area contributed by atoms with Gasteiger partial charge in [0, 0.05) is 30.8 Å². The van der Waals surface area contributed by atoms with Gasteiger partial charge in [0.05, 0.1) is 132 Å². The Hall–Kier alpha value is -3.94. The molecule has 0 aromatic rings. The van der Waals surface area contributed by atoms with Gasteiger partial charge in [-0.2, -0.15) is 0 Å². The predicted octanol–water partition coefficient (Wildman–Crippen LogP) is 3.98. The summed E-state index contributed by atoms with van der Waals surface area (Å²) in [6.45, 7) is 24.3. The molecule has 71 heavy (non-hydrogen) atoms. The number of azide groups is 1. The molecule has 0 saturated carbocycles. The number of amides is 3. The van der Waals surface area contributed by atoms with Gasteiger partial charge in [0.15, 0.2) is 0 Å². The Morgan fingerprint density at radius 3 is 1.14 bits per heavy atom. The number of carbonyl (C=O) groups excluding carboxylic acids is 5. The van der Waals surface area contributed by atoms with Crippen molar-refractivity contribution in [3.05, 3.63) is 10.4 Å². The minimum atomic E-state index is -1.19. The van der Waals surface area contributed by atoms with Crippen LogP contribution in [0, 0.1) is 0 Å². The van der Waals surface area contributed by atoms with Crippen LogP contribution in [0.5, 0.6) is 0 Å². The van der Waals surface area contributed by atoms with Crippen LogP contribution >= 0.6 is 0 Å². The van der Waals surface area contributed by atoms with Crippen molar-refractivity contribution in [3.63, 3.8) is 0 Å². The van der Waals surface area contributed by atoms with E-state index in [4.69, 9.17) is 67.1 Å². The van der Waals surface area contributed by atoms with Crippen molar-refractivity contribution in [2.24, 2.45) is 5.11 Å². The van der Waals surface area contributed by atoms with E-state index in [1.807, 2.05) is 0 Å². The number of nitrogens with one attached hydrogen (secondary N) is 3. The first-order chi connectivity index (χ1) is 33.7. The molecule has 414 valence electrons. The third-order valence-corrected chi connectivity index (χ3v) is 8.51. The highest BCUT2D eigenvalue weighted by Gasteiger charge is 2.31. The first-order valence-electron chi connectivity index (χ1n) is 24.5. The molecule has 0 aliphatic heterocycles. The maximum Gasteiger partial charge on any atom is 0.329 e. The van der Waals surface area contributed by atoms with Gasteiger partial charge in [0.25, 0.3) is 0 Å². The van der Waals surface area contributed by atoms with Crippen molar-refractivity contribution in [2.45, 2.75) is 130 Å². The van der Waals surface area contributed by atoms with E-state index in [0.717, 1.165) is 0 Å². The molecule has 0 aromatic heterocycles. The van der Waals surface area contributed by atoms with Crippen LogP contribution in [0.15, 0.2) is 5.11 Å². The van der Waals surface area contributed by atoms with Gasteiger partial charge in [-0.05, 0) is 93.5 Å². The molecule has 3 amide bonds. The summed E-state index contributed by atoms with van der Waals surface area (Å²) in [6.07, 6.45) is 1.08. The molecule has 0 aliphatic rings. The molecule has 2 atom stereocenters. The summed E-state index contributed by atoms with van der Waals surface area (Å²) in [6, 6.07) is -3.07. The smallest absolute Gasteiger partial charge is 0.329 e. The average Bonchev–Trinajstić information content (AvgIpc) is 3.27. The maximum absolute atomic E-state index is 13.2. The monoisotopic (exact) mass is 1020 g/mol. The molecule has 0 unspecified atom stereocenters. The zero-order chi connectivity index (χ0) is 53.1. The summed E-state index contributed by atoms with van der Waals surface area (Å²) < 4.78 is 70.8. The third kappa shape index (κ3) is 48.1. The van der Waals surface area contributed by atoms with Crippen LogP contribution < -0.4 is 16.0 Å². The Balaban J connectivity index is 3.99. The lowest BCUT2D eigenvalue weighted by molar-refractivity contribution is -0.159. The summed E-state index contributed by atoms with van der Waals surface area (Å²) in [5, 5.41) is 11.4. The zero-order valence-corrected chi connectivity index (χ0v) is 44.1. The van der Waals surface area contributed by atoms with Gasteiger partial charge in [-0.15, -0.1) is 0 Å². The molecule has 3 N–H and O–H groups in total. The van der Waals surface area contributed by atoms with E-state index >= 15 is 0 Å². The Bertz CT molecular complexity index is 1450. The number of nitrogens with zero attached hydrogens (tertiary/aromatic N) is 3. The minimum absolute atomic E-state index is 0.0849. The molecule has 0 fully saturated rings. The van der Waals surface area contributed by atoms with E-state index in [0.29, 0.717) is 151 Å². The Morgan fingerprint density at radius 2 is 0.789 bits per heavy atom. The van der Waals surface area contributed by atoms with Gasteiger partial charge in [-0.1, -0.05) is 5.11 Å². The van der Waals surface area contributed by atoms with Crippen molar-refractivity contribution in [1.29, 1.82) is 0 Å². The first kappa shape index (κ1) is 67.1. The molecular weight excluding hydrogens is 937 g/mol. The average molecular weight is 1030 g/mol. The summed E-state index contributed by atoms with van der Waals surface area (Å²) in [7, 11) is 0. The highest BCUT2D eigenvalue weighted by molar-refractivity contribution is 5.87. The molecule has 0 aliphatic carbocycles. The van der Waals surface area contributed by atoms with Crippen molar-refractivity contribution < 1.29 is 85.6 Å². The standard InChI is InChI=1S/C47H88N6O18/c1-45(2,3)69-41(55)14-13-39(43(57)71-47(7,8)9)52-44(58)51-38(42(56)70-46(4,5)6)12-10-11-16-49-40(54)15-18-59-20-22-61-24-26-63-28-30-65-32-34-67-36-37-68-35-33-66-31-29-64-27-25-62-23-21-60-19-17-50-53-48/h38-39H,10-37H2,1-9H3,(H,49,54)(H2,51,52,58)/t38-,39-/m0/s1. The molecule has 0 spiro atoms. The van der Waals surface area contributed by atoms with Gasteiger partial charge in [0.2, 0.25) is 5.91 Å². The number of hydrogen-bond donors (Lipinski definition) is 3. The Morgan fingerprint density at radius 1 is 0.451 bits per heavy atom. The Kier molecular flexibility index (Phi) is 40.2. The van der Waals surface area contributed by atoms with Gasteiger partial charge in [-0.3, -0.25) is 9.59 Å². The summed E-state index contributed by atoms with van der Waals surface area (Å²) in [4.78, 5) is 66.6. The normalized spacial score (nSPS) is 12.6. The van der Waals surface area contributed by atoms with E-state index in [1.165, 1.54) is 0 Å². The van der Waals surface area contributed by atoms with E-state index in [1.54, 1.807) is 62.3 Å². The van der Waals surface area contributed by atoms with E-state index in [9.17, 15) is 24.0 Å². The molecule has 0 bridgehead atoms. The summed E-state index contributed by atoms with van der Waals surface area (Å²) in [5.41, 5.74) is 5.77. The van der Waals surface area contributed by atoms with Crippen LogP contribution in [0.1, 0.15) is 101 Å². The van der Waals surface area contributed by atoms with Crippen LogP contribution in [0.3, 0.4) is 0 Å². The van der Waals surface area contributed by atoms with Crippen molar-refractivity contribution in [2.75, 3.05) is 145 Å². The second-order valence-electron chi connectivity index (χ2n) is 18.6. The van der Waals surface area contributed by atoms with E-state index in [-0.39, 0.29) is 38.2 Å². The van der Waals surface area contributed by atoms with Gasteiger partial charge in [0.1, 0.15) is 28.9 Å². The largest absolute Gasteiger partial charge is 0.460 e. The van der Waals surface area contributed by atoms with Crippen LogP contribution in [0.2, 0.25) is 0 Å². The Labute approximate surface area is 421 Å². The molecule has 0 rings (SSSR count). The summed E-state index contributed by atoms with van der Waals surface area (Å²) in [5.74, 6) is -2.13. The second-order valence-corrected chi connectivity index (χ2v) is 18.6. The number of urea groups is 1. The highest BCUT2D eigenvalue weighted by atomic mass is 16.6. The van der Waals surface area contributed by atoms with E-state index < -0.39 is 52.8 Å². The number of rotatable bonds is 45. The second kappa shape index (κ2) is 42.6. The van der Waals surface area contributed by atoms with Crippen molar-refractivity contribution in [3.8, 4) is 0 Å². The highest BCUT2D eigenvalue weighted by Crippen LogP contribution is 2.15. The quantitative estimate of drug-likeness (QED) is 0.0194. The fraction of sp³-hybridized carbons (Fsp3) is 0.894. The molecule has 0 aromatic carbocycles. The number of unbranched alkanes of at least 4 members (excludes halogenated alkanes) is 1. The SMILES string of the molecule is CC(C)(C)OC(=O)CC[C@H](NC(=O)N[C@@H](CCCCNC(=O)CCOCCOCCOCCOCCOCCOCCOCCOCCOCCOCCN=[N+]=[N-])C(=O)OC(C)(C)C)C(=O)OC(C)(C)C. The summed E-state index contributed by atoms with van der Waals surface area (Å²) >= 11 is 0. The lowest BCUT2D eigenvalue weighted by Gasteiger charge is -2.27. The molecule has 0 saturated heterocycles. The van der Waals surface area contributed by atoms with Gasteiger partial charge in [-0.25, -0.2) is 14.4 Å². The van der Waals surface area contributed by atoms with Crippen LogP contribution in [-0.4, -0.2) is 204 Å². The zero-order valence-electron chi connectivity index (χ0n) is 44.1. The molecule has 0 radical (unpaired) electrons. The molecule has 24 heteroatoms. The predicted molar refractivity (Wildman–Crippen MR) is 260 cm³/mol. The number of esters is 3. The maximum atomic E-state index is 13.2. The lowest BCUT2D eigenvalue weighted by Crippen LogP contribution is -2.53. The number of hydrogen-bond acceptors (Lipinski definition) is 19. The lowest BCUT2D eigenvalue weighted by atomic mass is 10.1. The van der Waals surface area contributed by atoms with Crippen LogP contribution in [0.25, 0.3) is 10.4 Å². The van der Waals surface area contributed by atoms with Gasteiger partial charge < -0.3 is 77.5 Å². The molecular formula is C47H88N6O18. The topological polar surface area (TPSA) is 290 Å². The minimum Gasteiger partial charge on any atom is -0.460 e. The van der Waals surface area contributed by atoms with Crippen LogP contribution in [-0.2, 0) is 80.8 Å². The fourth-order valence-electron chi connectivity index (χ4n) is 5.44. The fourth-order valence-corrected chi connectivity index (χ4v) is 5.44. The molecule has 24 nitrogen and oxygen atoms in total. The first-order valence-corrected chi connectivity index (χ1v) is 24.5. The third-order valence-electron chi connectivity index (χ3n) is 8.51. The van der Waals surface area contributed by atoms with Crippen LogP contribution in [0.4, 0.5) is 4.79 Å². The number of carbonyl (C=O) groups is 5.